The van der Waals surface area contributed by atoms with Crippen molar-refractivity contribution in [2.75, 3.05) is 24.5 Å². The van der Waals surface area contributed by atoms with Crippen molar-refractivity contribution in [3.8, 4) is 0 Å². The minimum Gasteiger partial charge on any atom is -0.464 e. The van der Waals surface area contributed by atoms with E-state index in [1.165, 1.54) is 6.26 Å². The number of fused-ring (bicyclic) bond motifs is 5. The lowest BCUT2D eigenvalue weighted by molar-refractivity contribution is -0.121. The van der Waals surface area contributed by atoms with E-state index in [0.29, 0.717) is 49.3 Å². The van der Waals surface area contributed by atoms with Gasteiger partial charge in [-0.3, -0.25) is 9.59 Å². The van der Waals surface area contributed by atoms with Crippen LogP contribution in [0.25, 0.3) is 11.0 Å². The standard InChI is InChI=1S/C26H28N4O4/c1-16(2)27-25(33)28-10-7-17(14-28)15-30-20-6-4-3-5-19(20)26(24(30)32)9-11-29-22(26)13-21-18(23(29)31)8-12-34-21/h3-6,8,12-13,16-17H,7,9-11,14-15H2,1-2H3,(H,27,33). The molecule has 3 aliphatic rings. The van der Waals surface area contributed by atoms with E-state index in [-0.39, 0.29) is 29.5 Å². The molecule has 8 heteroatoms. The largest absolute Gasteiger partial charge is 0.464 e. The van der Waals surface area contributed by atoms with Crippen LogP contribution >= 0.6 is 0 Å². The highest BCUT2D eigenvalue weighted by Crippen LogP contribution is 2.51. The van der Waals surface area contributed by atoms with Gasteiger partial charge in [-0.15, -0.1) is 0 Å². The van der Waals surface area contributed by atoms with Crippen LogP contribution in [0.4, 0.5) is 10.5 Å². The summed E-state index contributed by atoms with van der Waals surface area (Å²) < 4.78 is 7.30. The minimum absolute atomic E-state index is 0.00957. The Kier molecular flexibility index (Phi) is 4.62. The van der Waals surface area contributed by atoms with Crippen molar-refractivity contribution < 1.29 is 14.0 Å². The second kappa shape index (κ2) is 7.48. The number of rotatable bonds is 3. The fourth-order valence-electron chi connectivity index (χ4n) is 6.01. The Morgan fingerprint density at radius 3 is 2.85 bits per heavy atom. The summed E-state index contributed by atoms with van der Waals surface area (Å²) in [5, 5.41) is 3.50. The van der Waals surface area contributed by atoms with Gasteiger partial charge in [-0.05, 0) is 50.3 Å². The zero-order valence-electron chi connectivity index (χ0n) is 19.4. The van der Waals surface area contributed by atoms with Crippen molar-refractivity contribution in [1.82, 2.24) is 14.8 Å². The van der Waals surface area contributed by atoms with Crippen LogP contribution in [0.2, 0.25) is 0 Å². The second-order valence-corrected chi connectivity index (χ2v) is 9.98. The van der Waals surface area contributed by atoms with Crippen molar-refractivity contribution in [2.45, 2.75) is 44.7 Å². The maximum atomic E-state index is 14.2. The van der Waals surface area contributed by atoms with E-state index in [1.807, 2.05) is 54.0 Å². The molecule has 0 bridgehead atoms. The van der Waals surface area contributed by atoms with E-state index in [2.05, 4.69) is 5.32 Å². The van der Waals surface area contributed by atoms with Gasteiger partial charge in [-0.2, -0.15) is 0 Å². The number of hydrogen-bond donors (Lipinski definition) is 1. The van der Waals surface area contributed by atoms with Gasteiger partial charge in [0.05, 0.1) is 11.6 Å². The molecule has 6 rings (SSSR count). The van der Waals surface area contributed by atoms with Gasteiger partial charge in [0.15, 0.2) is 0 Å². The lowest BCUT2D eigenvalue weighted by Crippen LogP contribution is -2.44. The summed E-state index contributed by atoms with van der Waals surface area (Å²) in [6.45, 7) is 6.26. The van der Waals surface area contributed by atoms with Crippen molar-refractivity contribution in [1.29, 1.82) is 0 Å². The van der Waals surface area contributed by atoms with Gasteiger partial charge in [-0.1, -0.05) is 18.2 Å². The van der Waals surface area contributed by atoms with Gasteiger partial charge in [0.2, 0.25) is 5.91 Å². The number of hydrogen-bond acceptors (Lipinski definition) is 4. The second-order valence-electron chi connectivity index (χ2n) is 9.98. The van der Waals surface area contributed by atoms with E-state index in [0.717, 1.165) is 17.7 Å². The van der Waals surface area contributed by atoms with E-state index >= 15 is 0 Å². The molecule has 8 nitrogen and oxygen atoms in total. The molecule has 3 aromatic rings. The third kappa shape index (κ3) is 2.87. The molecule has 2 atom stereocenters. The topological polar surface area (TPSA) is 87.8 Å². The number of benzene rings is 1. The summed E-state index contributed by atoms with van der Waals surface area (Å²) in [4.78, 5) is 43.5. The predicted octanol–water partition coefficient (Wildman–Crippen LogP) is 3.07. The van der Waals surface area contributed by atoms with Crippen LogP contribution in [0, 0.1) is 5.92 Å². The van der Waals surface area contributed by atoms with Crippen LogP contribution in [-0.2, 0) is 16.8 Å². The number of aromatic nitrogens is 1. The molecule has 1 aromatic carbocycles. The Hall–Kier alpha value is -3.55. The zero-order chi connectivity index (χ0) is 23.6. The number of urea groups is 1. The number of amides is 3. The molecule has 1 spiro atoms. The molecule has 1 saturated heterocycles. The van der Waals surface area contributed by atoms with Crippen molar-refractivity contribution in [3.05, 3.63) is 64.3 Å². The number of nitrogens with zero attached hydrogens (tertiary/aromatic N) is 3. The zero-order valence-corrected chi connectivity index (χ0v) is 19.4. The fraction of sp³-hybridized carbons (Fsp3) is 0.423. The predicted molar refractivity (Wildman–Crippen MR) is 128 cm³/mol. The van der Waals surface area contributed by atoms with Crippen LogP contribution in [-0.4, -0.2) is 47.1 Å². The number of anilines is 1. The maximum absolute atomic E-state index is 14.2. The molecule has 3 aliphatic heterocycles. The maximum Gasteiger partial charge on any atom is 0.317 e. The Bertz CT molecular complexity index is 1370. The highest BCUT2D eigenvalue weighted by molar-refractivity contribution is 6.10. The lowest BCUT2D eigenvalue weighted by Gasteiger charge is -2.26. The molecule has 0 radical (unpaired) electrons. The Balaban J connectivity index is 1.35. The third-order valence-corrected chi connectivity index (χ3v) is 7.57. The number of furan rings is 1. The Morgan fingerprint density at radius 2 is 2.03 bits per heavy atom. The molecule has 2 aromatic heterocycles. The van der Waals surface area contributed by atoms with Crippen LogP contribution in [0.1, 0.15) is 37.9 Å². The third-order valence-electron chi connectivity index (χ3n) is 7.57. The van der Waals surface area contributed by atoms with Crippen molar-refractivity contribution in [3.63, 3.8) is 0 Å². The molecule has 5 heterocycles. The van der Waals surface area contributed by atoms with Crippen molar-refractivity contribution >= 4 is 28.6 Å². The SMILES string of the molecule is CC(C)NC(=O)N1CCC(CN2C(=O)C3(CCn4c3cc3occc3c4=O)c3ccccc32)C1. The molecule has 0 saturated carbocycles. The number of likely N-dealkylation sites (tertiary alicyclic amines) is 1. The summed E-state index contributed by atoms with van der Waals surface area (Å²) in [6, 6.07) is 11.5. The summed E-state index contributed by atoms with van der Waals surface area (Å²) in [5.74, 6) is 0.205. The first-order valence-electron chi connectivity index (χ1n) is 12.0. The summed E-state index contributed by atoms with van der Waals surface area (Å²) in [7, 11) is 0. The number of nitrogens with one attached hydrogen (secondary N) is 1. The van der Waals surface area contributed by atoms with Gasteiger partial charge < -0.3 is 24.1 Å². The van der Waals surface area contributed by atoms with Crippen LogP contribution in [0.3, 0.4) is 0 Å². The normalized spacial score (nSPS) is 23.4. The number of carbonyl (C=O) groups is 2. The van der Waals surface area contributed by atoms with Gasteiger partial charge in [0.1, 0.15) is 11.0 Å². The highest BCUT2D eigenvalue weighted by atomic mass is 16.3. The van der Waals surface area contributed by atoms with Crippen LogP contribution in [0.15, 0.2) is 51.9 Å². The number of carbonyl (C=O) groups excluding carboxylic acids is 2. The van der Waals surface area contributed by atoms with Crippen molar-refractivity contribution in [2.24, 2.45) is 5.92 Å². The van der Waals surface area contributed by atoms with Gasteiger partial charge in [0, 0.05) is 49.7 Å². The molecule has 3 amide bonds. The average Bonchev–Trinajstić information content (AvgIpc) is 3.58. The molecule has 34 heavy (non-hydrogen) atoms. The Morgan fingerprint density at radius 1 is 1.21 bits per heavy atom. The van der Waals surface area contributed by atoms with E-state index in [9.17, 15) is 14.4 Å². The molecular weight excluding hydrogens is 432 g/mol. The van der Waals surface area contributed by atoms with E-state index in [4.69, 9.17) is 4.42 Å². The fourth-order valence-corrected chi connectivity index (χ4v) is 6.01. The first-order chi connectivity index (χ1) is 16.4. The van der Waals surface area contributed by atoms with E-state index < -0.39 is 5.41 Å². The van der Waals surface area contributed by atoms with E-state index in [1.54, 1.807) is 10.6 Å². The summed E-state index contributed by atoms with van der Waals surface area (Å²) in [5.41, 5.74) is 2.09. The molecule has 0 aliphatic carbocycles. The van der Waals surface area contributed by atoms with Crippen LogP contribution in [0.5, 0.6) is 0 Å². The average molecular weight is 461 g/mol. The molecule has 1 N–H and O–H groups in total. The summed E-state index contributed by atoms with van der Waals surface area (Å²) in [6.07, 6.45) is 2.93. The quantitative estimate of drug-likeness (QED) is 0.651. The van der Waals surface area contributed by atoms with Gasteiger partial charge in [0.25, 0.3) is 5.56 Å². The minimum atomic E-state index is -0.885. The smallest absolute Gasteiger partial charge is 0.317 e. The highest BCUT2D eigenvalue weighted by Gasteiger charge is 2.56. The van der Waals surface area contributed by atoms with Gasteiger partial charge in [-0.25, -0.2) is 4.79 Å². The van der Waals surface area contributed by atoms with Crippen LogP contribution < -0.4 is 15.8 Å². The number of pyridine rings is 1. The Labute approximate surface area is 197 Å². The first kappa shape index (κ1) is 21.0. The summed E-state index contributed by atoms with van der Waals surface area (Å²) >= 11 is 0. The molecule has 2 unspecified atom stereocenters. The number of para-hydroxylation sites is 1. The lowest BCUT2D eigenvalue weighted by atomic mass is 9.77. The van der Waals surface area contributed by atoms with Gasteiger partial charge >= 0.3 is 6.03 Å². The first-order valence-corrected chi connectivity index (χ1v) is 12.0. The molecule has 176 valence electrons. The molecular formula is C26H28N4O4. The monoisotopic (exact) mass is 460 g/mol. The molecule has 1 fully saturated rings.